The zero-order valence-corrected chi connectivity index (χ0v) is 11.3. The first-order valence-corrected chi connectivity index (χ1v) is 6.77. The van der Waals surface area contributed by atoms with Crippen LogP contribution in [0.2, 0.25) is 5.02 Å². The molecule has 0 aromatic carbocycles. The molecule has 0 aliphatic carbocycles. The number of nitro groups is 1. The van der Waals surface area contributed by atoms with E-state index in [9.17, 15) is 14.9 Å². The van der Waals surface area contributed by atoms with Gasteiger partial charge in [0.15, 0.2) is 0 Å². The average Bonchev–Trinajstić information content (AvgIpc) is 2.77. The first kappa shape index (κ1) is 13.0. The Balaban J connectivity index is 2.78. The molecule has 0 aliphatic rings. The quantitative estimate of drug-likeness (QED) is 0.639. The minimum Gasteiger partial charge on any atom is -0.301 e. The van der Waals surface area contributed by atoms with E-state index in [0.29, 0.717) is 16.8 Å². The lowest BCUT2D eigenvalue weighted by Crippen LogP contribution is -2.23. The van der Waals surface area contributed by atoms with E-state index in [1.165, 1.54) is 15.9 Å². The van der Waals surface area contributed by atoms with Gasteiger partial charge in [0, 0.05) is 6.54 Å². The van der Waals surface area contributed by atoms with Gasteiger partial charge < -0.3 is 4.57 Å². The number of fused-ring (bicyclic) bond motifs is 1. The van der Waals surface area contributed by atoms with Crippen molar-refractivity contribution in [3.8, 4) is 0 Å². The van der Waals surface area contributed by atoms with Gasteiger partial charge in [-0.15, -0.1) is 11.3 Å². The lowest BCUT2D eigenvalue weighted by atomic mass is 10.3. The molecule has 0 aliphatic heterocycles. The number of aryl methyl sites for hydroxylation is 1. The number of unbranched alkanes of at least 4 members (excludes halogenated alkanes) is 1. The molecular formula is C11H11ClN2O3S. The third-order valence-electron chi connectivity index (χ3n) is 2.71. The van der Waals surface area contributed by atoms with Crippen LogP contribution in [0.3, 0.4) is 0 Å². The molecule has 0 unspecified atom stereocenters. The van der Waals surface area contributed by atoms with Gasteiger partial charge in [0.1, 0.15) is 5.02 Å². The SMILES string of the molecule is CCCCn1c(=O)c([N+](=O)[O-])c(Cl)c2sccc21. The van der Waals surface area contributed by atoms with Crippen LogP contribution in [0.4, 0.5) is 5.69 Å². The van der Waals surface area contributed by atoms with E-state index >= 15 is 0 Å². The van der Waals surface area contributed by atoms with Crippen LogP contribution in [0.5, 0.6) is 0 Å². The van der Waals surface area contributed by atoms with Crippen LogP contribution in [-0.2, 0) is 6.54 Å². The molecule has 0 bridgehead atoms. The molecule has 18 heavy (non-hydrogen) atoms. The smallest absolute Gasteiger partial charge is 0.301 e. The summed E-state index contributed by atoms with van der Waals surface area (Å²) in [6.45, 7) is 2.47. The Bertz CT molecular complexity index is 662. The third kappa shape index (κ3) is 2.02. The Morgan fingerprint density at radius 3 is 2.89 bits per heavy atom. The van der Waals surface area contributed by atoms with Crippen LogP contribution in [0.25, 0.3) is 10.2 Å². The van der Waals surface area contributed by atoms with E-state index in [4.69, 9.17) is 11.6 Å². The number of aromatic nitrogens is 1. The van der Waals surface area contributed by atoms with Gasteiger partial charge in [0.25, 0.3) is 0 Å². The van der Waals surface area contributed by atoms with E-state index < -0.39 is 16.2 Å². The highest BCUT2D eigenvalue weighted by Crippen LogP contribution is 2.33. The Morgan fingerprint density at radius 1 is 1.56 bits per heavy atom. The van der Waals surface area contributed by atoms with Crippen LogP contribution < -0.4 is 5.56 Å². The van der Waals surface area contributed by atoms with Gasteiger partial charge in [0.2, 0.25) is 0 Å². The Hall–Kier alpha value is -1.40. The van der Waals surface area contributed by atoms with Crippen molar-refractivity contribution >= 4 is 38.8 Å². The van der Waals surface area contributed by atoms with Crippen LogP contribution in [0, 0.1) is 10.1 Å². The van der Waals surface area contributed by atoms with E-state index in [-0.39, 0.29) is 5.02 Å². The number of rotatable bonds is 4. The van der Waals surface area contributed by atoms with Crippen LogP contribution in [0.1, 0.15) is 19.8 Å². The topological polar surface area (TPSA) is 65.1 Å². The Labute approximate surface area is 112 Å². The van der Waals surface area contributed by atoms with Gasteiger partial charge in [0.05, 0.1) is 15.1 Å². The fourth-order valence-corrected chi connectivity index (χ4v) is 3.03. The van der Waals surface area contributed by atoms with Crippen molar-refractivity contribution < 1.29 is 4.92 Å². The molecule has 0 fully saturated rings. The Kier molecular flexibility index (Phi) is 3.68. The molecule has 0 radical (unpaired) electrons. The Morgan fingerprint density at radius 2 is 2.28 bits per heavy atom. The van der Waals surface area contributed by atoms with E-state index in [0.717, 1.165) is 12.8 Å². The van der Waals surface area contributed by atoms with Crippen molar-refractivity contribution in [2.75, 3.05) is 0 Å². The summed E-state index contributed by atoms with van der Waals surface area (Å²) >= 11 is 7.25. The number of pyridine rings is 1. The fraction of sp³-hybridized carbons (Fsp3) is 0.364. The van der Waals surface area contributed by atoms with Crippen molar-refractivity contribution in [3.63, 3.8) is 0 Å². The maximum Gasteiger partial charge on any atom is 0.353 e. The molecule has 7 heteroatoms. The first-order chi connectivity index (χ1) is 8.57. The maximum absolute atomic E-state index is 12.1. The van der Waals surface area contributed by atoms with Crippen LogP contribution in [-0.4, -0.2) is 9.49 Å². The van der Waals surface area contributed by atoms with Crippen LogP contribution >= 0.6 is 22.9 Å². The normalized spacial score (nSPS) is 11.0. The van der Waals surface area contributed by atoms with Crippen molar-refractivity contribution in [2.45, 2.75) is 26.3 Å². The first-order valence-electron chi connectivity index (χ1n) is 5.51. The zero-order valence-electron chi connectivity index (χ0n) is 9.68. The predicted octanol–water partition coefficient (Wildman–Crippen LogP) is 3.42. The standard InChI is InChI=1S/C11H11ClN2O3S/c1-2-3-5-13-7-4-6-18-10(7)8(12)9(11(13)15)14(16)17/h4,6H,2-3,5H2,1H3. The van der Waals surface area contributed by atoms with Gasteiger partial charge in [-0.2, -0.15) is 0 Å². The highest BCUT2D eigenvalue weighted by atomic mass is 35.5. The molecule has 0 atom stereocenters. The molecular weight excluding hydrogens is 276 g/mol. The molecule has 0 spiro atoms. The van der Waals surface area contributed by atoms with Gasteiger partial charge >= 0.3 is 11.2 Å². The number of hydrogen-bond donors (Lipinski definition) is 0. The van der Waals surface area contributed by atoms with Crippen molar-refractivity contribution in [3.05, 3.63) is 36.9 Å². The van der Waals surface area contributed by atoms with Crippen molar-refractivity contribution in [2.24, 2.45) is 0 Å². The molecule has 2 aromatic rings. The monoisotopic (exact) mass is 286 g/mol. The second-order valence-electron chi connectivity index (χ2n) is 3.87. The van der Waals surface area contributed by atoms with Gasteiger partial charge in [-0.3, -0.25) is 14.9 Å². The molecule has 0 saturated heterocycles. The molecule has 0 N–H and O–H groups in total. The number of halogens is 1. The second-order valence-corrected chi connectivity index (χ2v) is 5.16. The van der Waals surface area contributed by atoms with Crippen LogP contribution in [0.15, 0.2) is 16.2 Å². The number of hydrogen-bond acceptors (Lipinski definition) is 4. The molecule has 2 rings (SSSR count). The minimum absolute atomic E-state index is 0.0530. The second kappa shape index (κ2) is 5.07. The fourth-order valence-electron chi connectivity index (χ4n) is 1.81. The summed E-state index contributed by atoms with van der Waals surface area (Å²) in [4.78, 5) is 22.3. The highest BCUT2D eigenvalue weighted by molar-refractivity contribution is 7.17. The van der Waals surface area contributed by atoms with E-state index in [2.05, 4.69) is 0 Å². The van der Waals surface area contributed by atoms with Crippen molar-refractivity contribution in [1.82, 2.24) is 4.57 Å². The summed E-state index contributed by atoms with van der Waals surface area (Å²) in [6.07, 6.45) is 1.71. The summed E-state index contributed by atoms with van der Waals surface area (Å²) in [5.74, 6) is 0. The number of thiophene rings is 1. The zero-order chi connectivity index (χ0) is 13.3. The summed E-state index contributed by atoms with van der Waals surface area (Å²) in [5.41, 5.74) is -0.471. The molecule has 0 amide bonds. The van der Waals surface area contributed by atoms with E-state index in [1.54, 1.807) is 11.4 Å². The lowest BCUT2D eigenvalue weighted by Gasteiger charge is -2.07. The minimum atomic E-state index is -0.702. The van der Waals surface area contributed by atoms with Gasteiger partial charge in [-0.1, -0.05) is 24.9 Å². The summed E-state index contributed by atoms with van der Waals surface area (Å²) in [6, 6.07) is 1.77. The summed E-state index contributed by atoms with van der Waals surface area (Å²) < 4.78 is 2.04. The highest BCUT2D eigenvalue weighted by Gasteiger charge is 2.24. The maximum atomic E-state index is 12.1. The molecule has 0 saturated carbocycles. The summed E-state index contributed by atoms with van der Waals surface area (Å²) in [5, 5.41) is 12.7. The molecule has 5 nitrogen and oxygen atoms in total. The van der Waals surface area contributed by atoms with Crippen molar-refractivity contribution in [1.29, 1.82) is 0 Å². The lowest BCUT2D eigenvalue weighted by molar-refractivity contribution is -0.386. The van der Waals surface area contributed by atoms with E-state index in [1.807, 2.05) is 6.92 Å². The summed E-state index contributed by atoms with van der Waals surface area (Å²) in [7, 11) is 0. The van der Waals surface area contributed by atoms with Gasteiger partial charge in [-0.25, -0.2) is 0 Å². The number of nitrogens with zero attached hydrogens (tertiary/aromatic N) is 2. The molecule has 2 heterocycles. The largest absolute Gasteiger partial charge is 0.353 e. The average molecular weight is 287 g/mol. The molecule has 2 aromatic heterocycles. The third-order valence-corrected chi connectivity index (χ3v) is 4.11. The molecule has 96 valence electrons. The predicted molar refractivity (Wildman–Crippen MR) is 72.7 cm³/mol. The van der Waals surface area contributed by atoms with Gasteiger partial charge in [-0.05, 0) is 17.9 Å².